The molecule has 1 amide bonds. The van der Waals surface area contributed by atoms with Crippen LogP contribution >= 0.6 is 34.5 Å². The van der Waals surface area contributed by atoms with Crippen LogP contribution in [0.15, 0.2) is 77.7 Å². The highest BCUT2D eigenvalue weighted by Crippen LogP contribution is 2.27. The Labute approximate surface area is 210 Å². The zero-order chi connectivity index (χ0) is 24.1. The molecule has 1 heterocycles. The van der Waals surface area contributed by atoms with Gasteiger partial charge in [0.2, 0.25) is 5.13 Å². The Morgan fingerprint density at radius 1 is 0.941 bits per heavy atom. The number of halogens is 2. The number of carbonyl (C=O) groups is 1. The molecule has 4 rings (SSSR count). The monoisotopic (exact) mass is 532 g/mol. The van der Waals surface area contributed by atoms with E-state index in [4.69, 9.17) is 23.2 Å². The van der Waals surface area contributed by atoms with Crippen molar-refractivity contribution in [2.45, 2.75) is 11.3 Å². The summed E-state index contributed by atoms with van der Waals surface area (Å²) in [7, 11) is -3.82. The first kappa shape index (κ1) is 24.2. The molecule has 11 heteroatoms. The number of aromatic nitrogens is 2. The normalized spacial score (nSPS) is 11.2. The predicted molar refractivity (Wildman–Crippen MR) is 135 cm³/mol. The third-order valence-electron chi connectivity index (χ3n) is 4.77. The fourth-order valence-electron chi connectivity index (χ4n) is 3.06. The topological polar surface area (TPSA) is 101 Å². The van der Waals surface area contributed by atoms with E-state index >= 15 is 0 Å². The fraction of sp³-hybridized carbons (Fsp3) is 0.0870. The molecule has 0 unspecified atom stereocenters. The van der Waals surface area contributed by atoms with E-state index < -0.39 is 10.0 Å². The molecule has 174 valence electrons. The van der Waals surface area contributed by atoms with Crippen molar-refractivity contribution in [3.63, 3.8) is 0 Å². The Morgan fingerprint density at radius 2 is 1.68 bits per heavy atom. The van der Waals surface area contributed by atoms with Crippen LogP contribution in [-0.2, 0) is 16.4 Å². The lowest BCUT2D eigenvalue weighted by molar-refractivity contribution is 0.0954. The summed E-state index contributed by atoms with van der Waals surface area (Å²) in [5.74, 6) is -0.331. The van der Waals surface area contributed by atoms with Crippen LogP contribution in [0.25, 0.3) is 10.6 Å². The van der Waals surface area contributed by atoms with E-state index in [1.165, 1.54) is 18.2 Å². The molecular weight excluding hydrogens is 515 g/mol. The van der Waals surface area contributed by atoms with Crippen LogP contribution in [-0.4, -0.2) is 31.1 Å². The molecule has 0 radical (unpaired) electrons. The van der Waals surface area contributed by atoms with Gasteiger partial charge in [-0.05, 0) is 42.3 Å². The number of amides is 1. The van der Waals surface area contributed by atoms with Crippen LogP contribution in [0, 0.1) is 0 Å². The minimum absolute atomic E-state index is 0.0995. The summed E-state index contributed by atoms with van der Waals surface area (Å²) in [6.07, 6.45) is 0.508. The first-order valence-electron chi connectivity index (χ1n) is 10.1. The minimum atomic E-state index is -3.82. The van der Waals surface area contributed by atoms with E-state index in [0.29, 0.717) is 33.6 Å². The smallest absolute Gasteiger partial charge is 0.263 e. The lowest BCUT2D eigenvalue weighted by atomic mass is 10.1. The van der Waals surface area contributed by atoms with E-state index in [2.05, 4.69) is 20.2 Å². The Kier molecular flexibility index (Phi) is 7.47. The number of hydrogen-bond acceptors (Lipinski definition) is 6. The number of rotatable bonds is 8. The van der Waals surface area contributed by atoms with Gasteiger partial charge in [-0.25, -0.2) is 8.42 Å². The molecule has 0 fully saturated rings. The average molecular weight is 533 g/mol. The summed E-state index contributed by atoms with van der Waals surface area (Å²) < 4.78 is 27.9. The summed E-state index contributed by atoms with van der Waals surface area (Å²) in [6, 6.07) is 20.5. The second kappa shape index (κ2) is 10.5. The lowest BCUT2D eigenvalue weighted by Crippen LogP contribution is -2.26. The molecule has 7 nitrogen and oxygen atoms in total. The highest BCUT2D eigenvalue weighted by molar-refractivity contribution is 7.93. The number of hydrogen-bond donors (Lipinski definition) is 2. The Hall–Kier alpha value is -2.98. The standard InChI is InChI=1S/C23H18Cl2N4O3S2/c24-17-8-11-20(25)19(14-17)21(30)26-13-12-15-6-9-18(10-7-15)34(31,32)29-23-28-27-22(33-23)16-4-2-1-3-5-16/h1-11,14H,12-13H2,(H,26,30)(H,28,29). The van der Waals surface area contributed by atoms with Crippen LogP contribution in [0.3, 0.4) is 0 Å². The zero-order valence-electron chi connectivity index (χ0n) is 17.5. The van der Waals surface area contributed by atoms with Crippen molar-refractivity contribution in [1.29, 1.82) is 0 Å². The molecular formula is C23H18Cl2N4O3S2. The van der Waals surface area contributed by atoms with Gasteiger partial charge in [0.25, 0.3) is 15.9 Å². The SMILES string of the molecule is O=C(NCCc1ccc(S(=O)(=O)Nc2nnc(-c3ccccc3)s2)cc1)c1cc(Cl)ccc1Cl. The van der Waals surface area contributed by atoms with Crippen molar-refractivity contribution in [3.8, 4) is 10.6 Å². The van der Waals surface area contributed by atoms with Crippen molar-refractivity contribution in [2.24, 2.45) is 0 Å². The van der Waals surface area contributed by atoms with Crippen molar-refractivity contribution in [2.75, 3.05) is 11.3 Å². The van der Waals surface area contributed by atoms with Gasteiger partial charge in [0.15, 0.2) is 0 Å². The van der Waals surface area contributed by atoms with Gasteiger partial charge in [0.05, 0.1) is 15.5 Å². The third kappa shape index (κ3) is 5.92. The maximum Gasteiger partial charge on any atom is 0.263 e. The maximum absolute atomic E-state index is 12.7. The van der Waals surface area contributed by atoms with Crippen molar-refractivity contribution < 1.29 is 13.2 Å². The molecule has 1 aromatic heterocycles. The first-order valence-corrected chi connectivity index (χ1v) is 13.1. The van der Waals surface area contributed by atoms with Crippen LogP contribution in [0.1, 0.15) is 15.9 Å². The van der Waals surface area contributed by atoms with Crippen molar-refractivity contribution >= 4 is 55.6 Å². The molecule has 0 aliphatic rings. The number of nitrogens with one attached hydrogen (secondary N) is 2. The van der Waals surface area contributed by atoms with E-state index in [1.54, 1.807) is 24.3 Å². The summed E-state index contributed by atoms with van der Waals surface area (Å²) in [6.45, 7) is 0.346. The number of carbonyl (C=O) groups excluding carboxylic acids is 1. The highest BCUT2D eigenvalue weighted by Gasteiger charge is 2.17. The van der Waals surface area contributed by atoms with Gasteiger partial charge in [-0.3, -0.25) is 9.52 Å². The molecule has 0 saturated carbocycles. The Bertz CT molecular complexity index is 1410. The molecule has 0 saturated heterocycles. The molecule has 0 atom stereocenters. The molecule has 4 aromatic rings. The molecule has 0 spiro atoms. The highest BCUT2D eigenvalue weighted by atomic mass is 35.5. The fourth-order valence-corrected chi connectivity index (χ4v) is 5.41. The molecule has 0 bridgehead atoms. The van der Waals surface area contributed by atoms with E-state index in [-0.39, 0.29) is 15.9 Å². The van der Waals surface area contributed by atoms with E-state index in [1.807, 2.05) is 30.3 Å². The van der Waals surface area contributed by atoms with Crippen LogP contribution in [0.4, 0.5) is 5.13 Å². The predicted octanol–water partition coefficient (Wildman–Crippen LogP) is 5.29. The summed E-state index contributed by atoms with van der Waals surface area (Å²) in [5.41, 5.74) is 2.02. The largest absolute Gasteiger partial charge is 0.352 e. The Balaban J connectivity index is 1.35. The number of benzene rings is 3. The van der Waals surface area contributed by atoms with Crippen LogP contribution in [0.2, 0.25) is 10.0 Å². The Morgan fingerprint density at radius 3 is 2.41 bits per heavy atom. The molecule has 2 N–H and O–H groups in total. The molecule has 0 aliphatic heterocycles. The van der Waals surface area contributed by atoms with Gasteiger partial charge in [0.1, 0.15) is 5.01 Å². The second-order valence-electron chi connectivity index (χ2n) is 7.16. The van der Waals surface area contributed by atoms with Gasteiger partial charge < -0.3 is 5.32 Å². The van der Waals surface area contributed by atoms with Gasteiger partial charge in [-0.1, -0.05) is 77.0 Å². The number of anilines is 1. The number of nitrogens with zero attached hydrogens (tertiary/aromatic N) is 2. The lowest BCUT2D eigenvalue weighted by Gasteiger charge is -2.08. The molecule has 34 heavy (non-hydrogen) atoms. The molecule has 3 aromatic carbocycles. The third-order valence-corrected chi connectivity index (χ3v) is 7.71. The van der Waals surface area contributed by atoms with Crippen LogP contribution < -0.4 is 10.0 Å². The maximum atomic E-state index is 12.7. The van der Waals surface area contributed by atoms with Crippen molar-refractivity contribution in [3.05, 3.63) is 94.0 Å². The summed E-state index contributed by atoms with van der Waals surface area (Å²) in [4.78, 5) is 12.4. The van der Waals surface area contributed by atoms with E-state index in [0.717, 1.165) is 22.5 Å². The second-order valence-corrected chi connectivity index (χ2v) is 10.7. The molecule has 0 aliphatic carbocycles. The quantitative estimate of drug-likeness (QED) is 0.321. The summed E-state index contributed by atoms with van der Waals surface area (Å²) >= 11 is 13.1. The number of sulfonamides is 1. The van der Waals surface area contributed by atoms with E-state index in [9.17, 15) is 13.2 Å². The zero-order valence-corrected chi connectivity index (χ0v) is 20.7. The van der Waals surface area contributed by atoms with Gasteiger partial charge in [-0.2, -0.15) is 0 Å². The average Bonchev–Trinajstić information content (AvgIpc) is 3.29. The first-order chi connectivity index (χ1) is 16.3. The van der Waals surface area contributed by atoms with Crippen molar-refractivity contribution in [1.82, 2.24) is 15.5 Å². The van der Waals surface area contributed by atoms with Crippen LogP contribution in [0.5, 0.6) is 0 Å². The van der Waals surface area contributed by atoms with Gasteiger partial charge >= 0.3 is 0 Å². The van der Waals surface area contributed by atoms with Gasteiger partial charge in [0, 0.05) is 17.1 Å². The van der Waals surface area contributed by atoms with Gasteiger partial charge in [-0.15, -0.1) is 10.2 Å². The summed E-state index contributed by atoms with van der Waals surface area (Å²) in [5, 5.41) is 12.3. The minimum Gasteiger partial charge on any atom is -0.352 e.